The van der Waals surface area contributed by atoms with Gasteiger partial charge in [-0.1, -0.05) is 17.7 Å². The number of benzene rings is 1. The molecule has 0 unspecified atom stereocenters. The number of hydrogen-bond donors (Lipinski definition) is 1. The molecule has 0 spiro atoms. The Balaban J connectivity index is 2.11. The maximum absolute atomic E-state index is 8.97. The van der Waals surface area contributed by atoms with Crippen LogP contribution < -0.4 is 4.90 Å². The average molecular weight is 226 g/mol. The molecule has 0 aliphatic heterocycles. The van der Waals surface area contributed by atoms with E-state index in [1.807, 2.05) is 18.2 Å². The first-order valence-corrected chi connectivity index (χ1v) is 5.69. The number of aliphatic hydroxyl groups excluding tert-OH is 1. The lowest BCUT2D eigenvalue weighted by atomic mass is 10.2. The maximum atomic E-state index is 8.97. The summed E-state index contributed by atoms with van der Waals surface area (Å²) in [5.41, 5.74) is 1.92. The fourth-order valence-electron chi connectivity index (χ4n) is 1.74. The number of hydrogen-bond acceptors (Lipinski definition) is 2. The van der Waals surface area contributed by atoms with Crippen LogP contribution in [0.25, 0.3) is 0 Å². The van der Waals surface area contributed by atoms with Gasteiger partial charge in [0.1, 0.15) is 0 Å². The zero-order valence-electron chi connectivity index (χ0n) is 8.91. The lowest BCUT2D eigenvalue weighted by Crippen LogP contribution is -2.20. The minimum Gasteiger partial charge on any atom is -0.392 e. The van der Waals surface area contributed by atoms with Crippen LogP contribution in [0.2, 0.25) is 5.02 Å². The van der Waals surface area contributed by atoms with Gasteiger partial charge in [-0.15, -0.1) is 0 Å². The summed E-state index contributed by atoms with van der Waals surface area (Å²) < 4.78 is 0. The molecule has 15 heavy (non-hydrogen) atoms. The number of nitrogens with zero attached hydrogens (tertiary/aromatic N) is 1. The molecule has 2 rings (SSSR count). The summed E-state index contributed by atoms with van der Waals surface area (Å²) in [5.74, 6) is 0.851. The Labute approximate surface area is 95.5 Å². The number of anilines is 1. The molecule has 1 fully saturated rings. The lowest BCUT2D eigenvalue weighted by molar-refractivity contribution is 0.282. The second-order valence-electron chi connectivity index (χ2n) is 4.27. The van der Waals surface area contributed by atoms with Crippen molar-refractivity contribution in [2.24, 2.45) is 5.92 Å². The highest BCUT2D eigenvalue weighted by Crippen LogP contribution is 2.33. The Bertz CT molecular complexity index is 349. The molecule has 0 amide bonds. The van der Waals surface area contributed by atoms with Crippen LogP contribution in [0.3, 0.4) is 0 Å². The Kier molecular flexibility index (Phi) is 3.17. The molecular weight excluding hydrogens is 210 g/mol. The minimum absolute atomic E-state index is 0.0480. The third-order valence-electron chi connectivity index (χ3n) is 2.83. The van der Waals surface area contributed by atoms with Gasteiger partial charge in [-0.2, -0.15) is 0 Å². The molecule has 1 aliphatic carbocycles. The summed E-state index contributed by atoms with van der Waals surface area (Å²) in [6.45, 7) is 1.13. The molecule has 3 heteroatoms. The van der Waals surface area contributed by atoms with Crippen molar-refractivity contribution >= 4 is 17.3 Å². The van der Waals surface area contributed by atoms with Crippen LogP contribution in [0.4, 0.5) is 5.69 Å². The SMILES string of the molecule is CN(CC1CC1)c1ccc(CO)cc1Cl. The van der Waals surface area contributed by atoms with Crippen molar-refractivity contribution < 1.29 is 5.11 Å². The van der Waals surface area contributed by atoms with E-state index >= 15 is 0 Å². The van der Waals surface area contributed by atoms with E-state index in [2.05, 4.69) is 11.9 Å². The van der Waals surface area contributed by atoms with Crippen molar-refractivity contribution in [2.75, 3.05) is 18.5 Å². The van der Waals surface area contributed by atoms with Crippen molar-refractivity contribution in [2.45, 2.75) is 19.4 Å². The summed E-state index contributed by atoms with van der Waals surface area (Å²) in [6.07, 6.45) is 2.69. The number of rotatable bonds is 4. The summed E-state index contributed by atoms with van der Waals surface area (Å²) in [5, 5.41) is 9.70. The van der Waals surface area contributed by atoms with Gasteiger partial charge >= 0.3 is 0 Å². The third-order valence-corrected chi connectivity index (χ3v) is 3.14. The maximum Gasteiger partial charge on any atom is 0.0682 e. The molecule has 0 heterocycles. The van der Waals surface area contributed by atoms with Gasteiger partial charge in [0, 0.05) is 13.6 Å². The van der Waals surface area contributed by atoms with Crippen LogP contribution in [-0.4, -0.2) is 18.7 Å². The monoisotopic (exact) mass is 225 g/mol. The molecule has 0 saturated heterocycles. The Morgan fingerprint density at radius 1 is 1.47 bits per heavy atom. The first-order valence-electron chi connectivity index (χ1n) is 5.31. The fourth-order valence-corrected chi connectivity index (χ4v) is 2.09. The number of halogens is 1. The lowest BCUT2D eigenvalue weighted by Gasteiger charge is -2.20. The zero-order chi connectivity index (χ0) is 10.8. The quantitative estimate of drug-likeness (QED) is 0.852. The normalized spacial score (nSPS) is 15.4. The van der Waals surface area contributed by atoms with E-state index < -0.39 is 0 Å². The molecule has 2 nitrogen and oxygen atoms in total. The molecule has 1 N–H and O–H groups in total. The van der Waals surface area contributed by atoms with E-state index in [0.717, 1.165) is 28.7 Å². The van der Waals surface area contributed by atoms with E-state index in [4.69, 9.17) is 16.7 Å². The van der Waals surface area contributed by atoms with Gasteiger partial charge in [-0.3, -0.25) is 0 Å². The van der Waals surface area contributed by atoms with E-state index in [1.165, 1.54) is 12.8 Å². The highest BCUT2D eigenvalue weighted by molar-refractivity contribution is 6.33. The highest BCUT2D eigenvalue weighted by Gasteiger charge is 2.23. The summed E-state index contributed by atoms with van der Waals surface area (Å²) in [4.78, 5) is 2.20. The third kappa shape index (κ3) is 2.64. The fraction of sp³-hybridized carbons (Fsp3) is 0.500. The Hall–Kier alpha value is -0.730. The minimum atomic E-state index is 0.0480. The first kappa shape index (κ1) is 10.8. The van der Waals surface area contributed by atoms with Gasteiger partial charge in [0.15, 0.2) is 0 Å². The van der Waals surface area contributed by atoms with E-state index in [1.54, 1.807) is 0 Å². The van der Waals surface area contributed by atoms with E-state index in [9.17, 15) is 0 Å². The van der Waals surface area contributed by atoms with E-state index in [0.29, 0.717) is 0 Å². The van der Waals surface area contributed by atoms with Crippen molar-refractivity contribution in [3.8, 4) is 0 Å². The van der Waals surface area contributed by atoms with Crippen molar-refractivity contribution in [1.29, 1.82) is 0 Å². The highest BCUT2D eigenvalue weighted by atomic mass is 35.5. The molecule has 1 saturated carbocycles. The molecule has 0 aromatic heterocycles. The molecule has 1 aromatic carbocycles. The smallest absolute Gasteiger partial charge is 0.0682 e. The molecular formula is C12H16ClNO. The number of aliphatic hydroxyl groups is 1. The largest absolute Gasteiger partial charge is 0.392 e. The molecule has 0 atom stereocenters. The van der Waals surface area contributed by atoms with Gasteiger partial charge in [0.05, 0.1) is 17.3 Å². The van der Waals surface area contributed by atoms with Gasteiger partial charge < -0.3 is 10.0 Å². The van der Waals surface area contributed by atoms with E-state index in [-0.39, 0.29) is 6.61 Å². The molecule has 0 bridgehead atoms. The predicted octanol–water partition coefficient (Wildman–Crippen LogP) is 2.68. The van der Waals surface area contributed by atoms with Crippen LogP contribution in [0, 0.1) is 5.92 Å². The van der Waals surface area contributed by atoms with Crippen LogP contribution in [0.15, 0.2) is 18.2 Å². The standard InChI is InChI=1S/C12H16ClNO/c1-14(7-9-2-3-9)12-5-4-10(8-15)6-11(12)13/h4-6,9,15H,2-3,7-8H2,1H3. The van der Waals surface area contributed by atoms with Crippen molar-refractivity contribution in [3.63, 3.8) is 0 Å². The zero-order valence-corrected chi connectivity index (χ0v) is 9.67. The Morgan fingerprint density at radius 2 is 2.20 bits per heavy atom. The van der Waals surface area contributed by atoms with Gasteiger partial charge in [-0.25, -0.2) is 0 Å². The van der Waals surface area contributed by atoms with Crippen LogP contribution in [-0.2, 0) is 6.61 Å². The topological polar surface area (TPSA) is 23.5 Å². The van der Waals surface area contributed by atoms with Gasteiger partial charge in [0.2, 0.25) is 0 Å². The average Bonchev–Trinajstić information content (AvgIpc) is 3.01. The predicted molar refractivity (Wildman–Crippen MR) is 63.4 cm³/mol. The molecule has 0 radical (unpaired) electrons. The van der Waals surface area contributed by atoms with Gasteiger partial charge in [0.25, 0.3) is 0 Å². The first-order chi connectivity index (χ1) is 7.20. The van der Waals surface area contributed by atoms with Gasteiger partial charge in [-0.05, 0) is 36.5 Å². The summed E-state index contributed by atoms with van der Waals surface area (Å²) >= 11 is 6.15. The van der Waals surface area contributed by atoms with Crippen LogP contribution in [0.1, 0.15) is 18.4 Å². The van der Waals surface area contributed by atoms with Crippen LogP contribution >= 0.6 is 11.6 Å². The summed E-state index contributed by atoms with van der Waals surface area (Å²) in [7, 11) is 2.07. The Morgan fingerprint density at radius 3 is 2.73 bits per heavy atom. The molecule has 82 valence electrons. The second kappa shape index (κ2) is 4.42. The van der Waals surface area contributed by atoms with Crippen LogP contribution in [0.5, 0.6) is 0 Å². The molecule has 1 aromatic rings. The molecule has 1 aliphatic rings. The van der Waals surface area contributed by atoms with Crippen molar-refractivity contribution in [1.82, 2.24) is 0 Å². The second-order valence-corrected chi connectivity index (χ2v) is 4.67. The van der Waals surface area contributed by atoms with Crippen molar-refractivity contribution in [3.05, 3.63) is 28.8 Å². The summed E-state index contributed by atoms with van der Waals surface area (Å²) in [6, 6.07) is 5.74.